The van der Waals surface area contributed by atoms with Crippen molar-refractivity contribution in [2.24, 2.45) is 0 Å². The van der Waals surface area contributed by atoms with E-state index in [1.54, 1.807) is 6.07 Å². The summed E-state index contributed by atoms with van der Waals surface area (Å²) in [7, 11) is -2.12. The highest BCUT2D eigenvalue weighted by molar-refractivity contribution is 7.90. The van der Waals surface area contributed by atoms with Gasteiger partial charge in [-0.05, 0) is 17.9 Å². The van der Waals surface area contributed by atoms with Crippen molar-refractivity contribution in [2.75, 3.05) is 24.9 Å². The molecule has 0 spiro atoms. The molecule has 0 aliphatic carbocycles. The predicted molar refractivity (Wildman–Crippen MR) is 80.8 cm³/mol. The van der Waals surface area contributed by atoms with Gasteiger partial charge in [0.2, 0.25) is 0 Å². The Morgan fingerprint density at radius 3 is 2.60 bits per heavy atom. The molecule has 0 radical (unpaired) electrons. The first kappa shape index (κ1) is 14.8. The Kier molecular flexibility index (Phi) is 4.59. The van der Waals surface area contributed by atoms with E-state index in [0.29, 0.717) is 12.1 Å². The molecule has 0 unspecified atom stereocenters. The first-order valence-electron chi connectivity index (χ1n) is 6.37. The van der Waals surface area contributed by atoms with Crippen molar-refractivity contribution in [1.29, 1.82) is 0 Å². The molecule has 2 aromatic rings. The molecule has 0 bridgehead atoms. The van der Waals surface area contributed by atoms with Gasteiger partial charge in [-0.2, -0.15) is 12.7 Å². The van der Waals surface area contributed by atoms with Crippen LogP contribution >= 0.6 is 0 Å². The van der Waals surface area contributed by atoms with E-state index in [4.69, 9.17) is 5.11 Å². The van der Waals surface area contributed by atoms with E-state index in [2.05, 4.69) is 4.72 Å². The maximum absolute atomic E-state index is 12.2. The molecule has 0 heterocycles. The van der Waals surface area contributed by atoms with E-state index in [1.807, 2.05) is 36.4 Å². The minimum atomic E-state index is -3.60. The summed E-state index contributed by atoms with van der Waals surface area (Å²) in [5, 5.41) is 10.6. The van der Waals surface area contributed by atoms with Gasteiger partial charge >= 0.3 is 10.2 Å². The number of hydrogen-bond acceptors (Lipinski definition) is 3. The van der Waals surface area contributed by atoms with Crippen LogP contribution in [0.5, 0.6) is 0 Å². The summed E-state index contributed by atoms with van der Waals surface area (Å²) in [6, 6.07) is 13.1. The molecule has 2 aromatic carbocycles. The van der Waals surface area contributed by atoms with Gasteiger partial charge in [-0.3, -0.25) is 4.72 Å². The van der Waals surface area contributed by atoms with Crippen LogP contribution in [0, 0.1) is 0 Å². The third-order valence-corrected chi connectivity index (χ3v) is 4.55. The van der Waals surface area contributed by atoms with Gasteiger partial charge in [0.15, 0.2) is 0 Å². The lowest BCUT2D eigenvalue weighted by atomic mass is 10.1. The topological polar surface area (TPSA) is 69.6 Å². The van der Waals surface area contributed by atoms with E-state index in [-0.39, 0.29) is 13.2 Å². The third-order valence-electron chi connectivity index (χ3n) is 3.07. The summed E-state index contributed by atoms with van der Waals surface area (Å²) < 4.78 is 28.2. The minimum Gasteiger partial charge on any atom is -0.396 e. The number of benzene rings is 2. The van der Waals surface area contributed by atoms with Crippen LogP contribution in [0.15, 0.2) is 42.5 Å². The molecule has 6 heteroatoms. The molecule has 0 amide bonds. The van der Waals surface area contributed by atoms with Crippen LogP contribution < -0.4 is 4.72 Å². The van der Waals surface area contributed by atoms with Gasteiger partial charge in [0, 0.05) is 25.6 Å². The number of nitrogens with zero attached hydrogens (tertiary/aromatic N) is 1. The standard InChI is InChI=1S/C14H18N2O3S/c1-16(10-5-11-17)20(18,19)15-14-9-4-7-12-6-2-3-8-13(12)14/h2-4,6-9,15,17H,5,10-11H2,1H3. The molecule has 2 rings (SSSR count). The summed E-state index contributed by atoms with van der Waals surface area (Å²) in [5.74, 6) is 0. The van der Waals surface area contributed by atoms with Gasteiger partial charge in [0.25, 0.3) is 0 Å². The molecule has 0 atom stereocenters. The zero-order valence-electron chi connectivity index (χ0n) is 11.3. The molecule has 0 fully saturated rings. The van der Waals surface area contributed by atoms with Gasteiger partial charge in [0.05, 0.1) is 5.69 Å². The van der Waals surface area contributed by atoms with Gasteiger partial charge in [-0.1, -0.05) is 36.4 Å². The van der Waals surface area contributed by atoms with Crippen molar-refractivity contribution >= 4 is 26.7 Å². The Bertz CT molecular complexity index is 680. The van der Waals surface area contributed by atoms with E-state index >= 15 is 0 Å². The Morgan fingerprint density at radius 2 is 1.85 bits per heavy atom. The monoisotopic (exact) mass is 294 g/mol. The smallest absolute Gasteiger partial charge is 0.301 e. The molecule has 5 nitrogen and oxygen atoms in total. The second-order valence-corrected chi connectivity index (χ2v) is 6.31. The highest BCUT2D eigenvalue weighted by Gasteiger charge is 2.17. The first-order chi connectivity index (χ1) is 9.54. The molecular formula is C14H18N2O3S. The van der Waals surface area contributed by atoms with Crippen LogP contribution in [0.1, 0.15) is 6.42 Å². The highest BCUT2D eigenvalue weighted by atomic mass is 32.2. The Morgan fingerprint density at radius 1 is 1.15 bits per heavy atom. The zero-order valence-corrected chi connectivity index (χ0v) is 12.1. The zero-order chi connectivity index (χ0) is 14.6. The fourth-order valence-electron chi connectivity index (χ4n) is 1.94. The van der Waals surface area contributed by atoms with Crippen LogP contribution in [0.3, 0.4) is 0 Å². The molecule has 0 aliphatic heterocycles. The van der Waals surface area contributed by atoms with Gasteiger partial charge in [-0.25, -0.2) is 0 Å². The number of nitrogens with one attached hydrogen (secondary N) is 1. The van der Waals surface area contributed by atoms with Crippen LogP contribution in [0.2, 0.25) is 0 Å². The second kappa shape index (κ2) is 6.21. The Hall–Kier alpha value is -1.63. The van der Waals surface area contributed by atoms with Crippen LogP contribution in [0.25, 0.3) is 10.8 Å². The normalized spacial score (nSPS) is 11.9. The summed E-state index contributed by atoms with van der Waals surface area (Å²) >= 11 is 0. The quantitative estimate of drug-likeness (QED) is 0.853. The average Bonchev–Trinajstić information content (AvgIpc) is 2.44. The summed E-state index contributed by atoms with van der Waals surface area (Å²) in [4.78, 5) is 0. The molecule has 0 aromatic heterocycles. The number of fused-ring (bicyclic) bond motifs is 1. The summed E-state index contributed by atoms with van der Waals surface area (Å²) in [5.41, 5.74) is 0.555. The van der Waals surface area contributed by atoms with Crippen molar-refractivity contribution in [3.8, 4) is 0 Å². The largest absolute Gasteiger partial charge is 0.396 e. The van der Waals surface area contributed by atoms with Crippen molar-refractivity contribution in [2.45, 2.75) is 6.42 Å². The van der Waals surface area contributed by atoms with Crippen LogP contribution in [-0.2, 0) is 10.2 Å². The van der Waals surface area contributed by atoms with E-state index in [9.17, 15) is 8.42 Å². The number of rotatable bonds is 6. The average molecular weight is 294 g/mol. The Balaban J connectivity index is 2.27. The van der Waals surface area contributed by atoms with Crippen molar-refractivity contribution in [1.82, 2.24) is 4.31 Å². The molecule has 0 saturated carbocycles. The second-order valence-electron chi connectivity index (χ2n) is 4.53. The predicted octanol–water partition coefficient (Wildman–Crippen LogP) is 1.81. The fraction of sp³-hybridized carbons (Fsp3) is 0.286. The molecule has 20 heavy (non-hydrogen) atoms. The van der Waals surface area contributed by atoms with E-state index in [1.165, 1.54) is 11.4 Å². The maximum atomic E-state index is 12.2. The van der Waals surface area contributed by atoms with Gasteiger partial charge in [0.1, 0.15) is 0 Å². The molecule has 108 valence electrons. The fourth-order valence-corrected chi connectivity index (χ4v) is 2.93. The molecule has 0 aliphatic rings. The maximum Gasteiger partial charge on any atom is 0.301 e. The van der Waals surface area contributed by atoms with E-state index < -0.39 is 10.2 Å². The molecular weight excluding hydrogens is 276 g/mol. The van der Waals surface area contributed by atoms with Crippen molar-refractivity contribution in [3.05, 3.63) is 42.5 Å². The summed E-state index contributed by atoms with van der Waals surface area (Å²) in [6.45, 7) is 0.241. The van der Waals surface area contributed by atoms with Crippen LogP contribution in [-0.4, -0.2) is 38.0 Å². The van der Waals surface area contributed by atoms with Crippen molar-refractivity contribution in [3.63, 3.8) is 0 Å². The first-order valence-corrected chi connectivity index (χ1v) is 7.81. The van der Waals surface area contributed by atoms with E-state index in [0.717, 1.165) is 10.8 Å². The summed E-state index contributed by atoms with van der Waals surface area (Å²) in [6.07, 6.45) is 0.410. The van der Waals surface area contributed by atoms with Crippen molar-refractivity contribution < 1.29 is 13.5 Å². The lowest BCUT2D eigenvalue weighted by molar-refractivity contribution is 0.276. The van der Waals surface area contributed by atoms with Crippen LogP contribution in [0.4, 0.5) is 5.69 Å². The SMILES string of the molecule is CN(CCCO)S(=O)(=O)Nc1cccc2ccccc12. The molecule has 2 N–H and O–H groups in total. The highest BCUT2D eigenvalue weighted by Crippen LogP contribution is 2.24. The van der Waals surface area contributed by atoms with Gasteiger partial charge in [-0.15, -0.1) is 0 Å². The lowest BCUT2D eigenvalue weighted by Crippen LogP contribution is -2.33. The number of aliphatic hydroxyl groups excluding tert-OH is 1. The number of aliphatic hydroxyl groups is 1. The molecule has 0 saturated heterocycles. The number of anilines is 1. The van der Waals surface area contributed by atoms with Gasteiger partial charge < -0.3 is 5.11 Å². The minimum absolute atomic E-state index is 0.0336. The third kappa shape index (κ3) is 3.27. The number of hydrogen-bond donors (Lipinski definition) is 2. The Labute approximate surface area is 119 Å². The lowest BCUT2D eigenvalue weighted by Gasteiger charge is -2.18.